The van der Waals surface area contributed by atoms with Crippen molar-refractivity contribution in [1.82, 2.24) is 10.6 Å². The number of carbonyl (C=O) groups is 3. The molecule has 0 bridgehead atoms. The number of aliphatic imine (C=N–C) groups is 1. The fourth-order valence-corrected chi connectivity index (χ4v) is 5.48. The number of primary amides is 1. The van der Waals surface area contributed by atoms with Gasteiger partial charge in [-0.1, -0.05) is 73.9 Å². The SMILES string of the molecule is N=C(N)c1ccc(C[C@H](C(=O)N[C@@H](COCc2ccccc2)C(=O)NC(CCCN=C(N)N)C(N)=O)C2CCCCC2)cc1. The minimum absolute atomic E-state index is 0.0204. The molecule has 0 aliphatic heterocycles. The van der Waals surface area contributed by atoms with Gasteiger partial charge in [-0.2, -0.15) is 0 Å². The van der Waals surface area contributed by atoms with Gasteiger partial charge < -0.3 is 38.3 Å². The van der Waals surface area contributed by atoms with E-state index in [1.807, 2.05) is 42.5 Å². The molecule has 0 saturated heterocycles. The summed E-state index contributed by atoms with van der Waals surface area (Å²) in [6.45, 7) is 0.419. The summed E-state index contributed by atoms with van der Waals surface area (Å²) >= 11 is 0. The van der Waals surface area contributed by atoms with Gasteiger partial charge in [0.05, 0.1) is 13.2 Å². The Morgan fingerprint density at radius 3 is 2.14 bits per heavy atom. The predicted molar refractivity (Wildman–Crippen MR) is 170 cm³/mol. The summed E-state index contributed by atoms with van der Waals surface area (Å²) in [5.41, 5.74) is 24.4. The lowest BCUT2D eigenvalue weighted by molar-refractivity contribution is -0.135. The second-order valence-corrected chi connectivity index (χ2v) is 11.3. The molecule has 0 radical (unpaired) electrons. The summed E-state index contributed by atoms with van der Waals surface area (Å²) in [6, 6.07) is 14.8. The highest BCUT2D eigenvalue weighted by atomic mass is 16.5. The van der Waals surface area contributed by atoms with E-state index in [2.05, 4.69) is 15.6 Å². The van der Waals surface area contributed by atoms with Crippen LogP contribution < -0.4 is 33.6 Å². The van der Waals surface area contributed by atoms with Crippen LogP contribution in [0.25, 0.3) is 0 Å². The molecule has 11 N–H and O–H groups in total. The zero-order chi connectivity index (χ0) is 31.9. The monoisotopic (exact) mass is 606 g/mol. The van der Waals surface area contributed by atoms with Crippen molar-refractivity contribution < 1.29 is 19.1 Å². The van der Waals surface area contributed by atoms with E-state index in [0.29, 0.717) is 18.4 Å². The van der Waals surface area contributed by atoms with E-state index < -0.39 is 23.9 Å². The van der Waals surface area contributed by atoms with Gasteiger partial charge in [0.1, 0.15) is 17.9 Å². The van der Waals surface area contributed by atoms with Crippen molar-refractivity contribution in [3.63, 3.8) is 0 Å². The van der Waals surface area contributed by atoms with E-state index in [0.717, 1.165) is 43.2 Å². The first-order chi connectivity index (χ1) is 21.1. The molecular formula is C32H46N8O4. The minimum Gasteiger partial charge on any atom is -0.384 e. The fourth-order valence-electron chi connectivity index (χ4n) is 5.48. The van der Waals surface area contributed by atoms with Gasteiger partial charge in [0, 0.05) is 18.0 Å². The molecule has 3 rings (SSSR count). The molecule has 2 aromatic carbocycles. The third kappa shape index (κ3) is 11.3. The molecule has 44 heavy (non-hydrogen) atoms. The number of amidine groups is 1. The Hall–Kier alpha value is -4.45. The van der Waals surface area contributed by atoms with Gasteiger partial charge in [-0.25, -0.2) is 0 Å². The van der Waals surface area contributed by atoms with Crippen molar-refractivity contribution in [2.24, 2.45) is 39.8 Å². The van der Waals surface area contributed by atoms with Gasteiger partial charge in [-0.05, 0) is 49.1 Å². The maximum Gasteiger partial charge on any atom is 0.245 e. The lowest BCUT2D eigenvalue weighted by Gasteiger charge is -2.31. The van der Waals surface area contributed by atoms with Crippen molar-refractivity contribution in [2.75, 3.05) is 13.2 Å². The highest BCUT2D eigenvalue weighted by molar-refractivity contribution is 5.95. The molecule has 238 valence electrons. The predicted octanol–water partition coefficient (Wildman–Crippen LogP) is 1.43. The van der Waals surface area contributed by atoms with Crippen molar-refractivity contribution in [1.29, 1.82) is 5.41 Å². The standard InChI is InChI=1S/C32H46N8O4/c33-28(34)24-15-13-21(14-16-24)18-25(23-10-5-2-6-11-23)30(42)40-27(20-44-19-22-8-3-1-4-9-22)31(43)39-26(29(35)41)12-7-17-38-32(36)37/h1,3-4,8-9,13-16,23,25-27H,2,5-7,10-12,17-20H2,(H3,33,34)(H2,35,41)(H,39,43)(H,40,42)(H4,36,37,38)/t25-,26?,27-/m0/s1. The molecule has 1 aliphatic carbocycles. The molecule has 0 aromatic heterocycles. The van der Waals surface area contributed by atoms with Gasteiger partial charge in [0.15, 0.2) is 5.96 Å². The van der Waals surface area contributed by atoms with Crippen LogP contribution in [0.15, 0.2) is 59.6 Å². The summed E-state index contributed by atoms with van der Waals surface area (Å²) < 4.78 is 5.88. The van der Waals surface area contributed by atoms with Crippen molar-refractivity contribution in [2.45, 2.75) is 70.1 Å². The first kappa shape index (κ1) is 34.0. The third-order valence-electron chi connectivity index (χ3n) is 7.91. The van der Waals surface area contributed by atoms with Crippen LogP contribution in [0.3, 0.4) is 0 Å². The highest BCUT2D eigenvalue weighted by Gasteiger charge is 2.33. The molecular weight excluding hydrogens is 560 g/mol. The maximum atomic E-state index is 13.9. The summed E-state index contributed by atoms with van der Waals surface area (Å²) in [6.07, 6.45) is 6.18. The van der Waals surface area contributed by atoms with Crippen LogP contribution in [0.4, 0.5) is 0 Å². The Balaban J connectivity index is 1.77. The average molecular weight is 607 g/mol. The number of hydrogen-bond acceptors (Lipinski definition) is 6. The molecule has 1 fully saturated rings. The number of nitrogens with zero attached hydrogens (tertiary/aromatic N) is 1. The number of carbonyl (C=O) groups excluding carboxylic acids is 3. The van der Waals surface area contributed by atoms with Crippen LogP contribution in [-0.4, -0.2) is 54.8 Å². The zero-order valence-corrected chi connectivity index (χ0v) is 25.2. The van der Waals surface area contributed by atoms with E-state index in [1.165, 1.54) is 0 Å². The number of guanidine groups is 1. The van der Waals surface area contributed by atoms with E-state index >= 15 is 0 Å². The van der Waals surface area contributed by atoms with E-state index in [9.17, 15) is 14.4 Å². The van der Waals surface area contributed by atoms with Crippen molar-refractivity contribution >= 4 is 29.5 Å². The van der Waals surface area contributed by atoms with Crippen molar-refractivity contribution in [3.8, 4) is 0 Å². The molecule has 2 aromatic rings. The van der Waals surface area contributed by atoms with Gasteiger partial charge in [0.2, 0.25) is 17.7 Å². The summed E-state index contributed by atoms with van der Waals surface area (Å²) in [5.74, 6) is -1.83. The number of nitrogens with one attached hydrogen (secondary N) is 3. The summed E-state index contributed by atoms with van der Waals surface area (Å²) in [4.78, 5) is 43.5. The molecule has 3 atom stereocenters. The Morgan fingerprint density at radius 2 is 1.52 bits per heavy atom. The first-order valence-corrected chi connectivity index (χ1v) is 15.1. The first-order valence-electron chi connectivity index (χ1n) is 15.1. The maximum absolute atomic E-state index is 13.9. The largest absolute Gasteiger partial charge is 0.384 e. The molecule has 1 unspecified atom stereocenters. The summed E-state index contributed by atoms with van der Waals surface area (Å²) in [7, 11) is 0. The van der Waals surface area contributed by atoms with E-state index in [-0.39, 0.29) is 55.7 Å². The van der Waals surface area contributed by atoms with Gasteiger partial charge in [-0.15, -0.1) is 0 Å². The summed E-state index contributed by atoms with van der Waals surface area (Å²) in [5, 5.41) is 13.3. The lowest BCUT2D eigenvalue weighted by atomic mass is 9.76. The number of ether oxygens (including phenoxy) is 1. The number of nitrogens with two attached hydrogens (primary N) is 4. The van der Waals surface area contributed by atoms with Crippen LogP contribution in [0.1, 0.15) is 61.6 Å². The highest BCUT2D eigenvalue weighted by Crippen LogP contribution is 2.32. The second kappa shape index (κ2) is 17.6. The topological polar surface area (TPSA) is 225 Å². The Bertz CT molecular complexity index is 1260. The number of hydrogen-bond donors (Lipinski definition) is 7. The molecule has 0 heterocycles. The molecule has 1 aliphatic rings. The van der Waals surface area contributed by atoms with Crippen LogP contribution in [0, 0.1) is 17.2 Å². The minimum atomic E-state index is -1.06. The normalized spacial score (nSPS) is 15.4. The fraction of sp³-hybridized carbons (Fsp3) is 0.469. The second-order valence-electron chi connectivity index (χ2n) is 11.3. The molecule has 1 saturated carbocycles. The van der Waals surface area contributed by atoms with Crippen molar-refractivity contribution in [3.05, 3.63) is 71.3 Å². The number of rotatable bonds is 17. The van der Waals surface area contributed by atoms with E-state index in [1.54, 1.807) is 12.1 Å². The Kier molecular flexibility index (Phi) is 13.6. The molecule has 3 amide bonds. The van der Waals surface area contributed by atoms with Gasteiger partial charge >= 0.3 is 0 Å². The van der Waals surface area contributed by atoms with Crippen LogP contribution in [0.2, 0.25) is 0 Å². The zero-order valence-electron chi connectivity index (χ0n) is 25.2. The average Bonchev–Trinajstić information content (AvgIpc) is 3.01. The van der Waals surface area contributed by atoms with Gasteiger partial charge in [-0.3, -0.25) is 24.8 Å². The molecule has 12 heteroatoms. The van der Waals surface area contributed by atoms with Crippen LogP contribution in [-0.2, 0) is 32.1 Å². The third-order valence-corrected chi connectivity index (χ3v) is 7.91. The van der Waals surface area contributed by atoms with Crippen LogP contribution >= 0.6 is 0 Å². The van der Waals surface area contributed by atoms with E-state index in [4.69, 9.17) is 33.1 Å². The Morgan fingerprint density at radius 1 is 0.864 bits per heavy atom. The van der Waals surface area contributed by atoms with Gasteiger partial charge in [0.25, 0.3) is 0 Å². The smallest absolute Gasteiger partial charge is 0.245 e. The number of amides is 3. The quantitative estimate of drug-likeness (QED) is 0.0796. The lowest BCUT2D eigenvalue weighted by Crippen LogP contribution is -2.56. The molecule has 12 nitrogen and oxygen atoms in total. The van der Waals surface area contributed by atoms with Crippen LogP contribution in [0.5, 0.6) is 0 Å². The molecule has 0 spiro atoms. The Labute approximate surface area is 258 Å². The number of nitrogen functional groups attached to an aromatic ring is 1. The number of benzene rings is 2.